The number of nitrogens with one attached hydrogen (secondary N) is 1. The summed E-state index contributed by atoms with van der Waals surface area (Å²) in [5, 5.41) is 3.29. The summed E-state index contributed by atoms with van der Waals surface area (Å²) >= 11 is 11.7. The molecule has 134 valence electrons. The fraction of sp³-hybridized carbons (Fsp3) is 0.0556. The van der Waals surface area contributed by atoms with Crippen molar-refractivity contribution in [3.63, 3.8) is 0 Å². The van der Waals surface area contributed by atoms with Crippen LogP contribution in [0.5, 0.6) is 5.75 Å². The molecule has 0 aliphatic rings. The minimum atomic E-state index is -0.825. The zero-order valence-electron chi connectivity index (χ0n) is 13.1. The van der Waals surface area contributed by atoms with Gasteiger partial charge in [-0.2, -0.15) is 0 Å². The number of benzene rings is 2. The molecule has 0 saturated heterocycles. The predicted octanol–water partition coefficient (Wildman–Crippen LogP) is 5.70. The van der Waals surface area contributed by atoms with Crippen LogP contribution in [0.15, 0.2) is 52.9 Å². The van der Waals surface area contributed by atoms with Crippen LogP contribution in [-0.2, 0) is 6.61 Å². The van der Waals surface area contributed by atoms with Crippen LogP contribution in [0.1, 0.15) is 16.3 Å². The van der Waals surface area contributed by atoms with E-state index in [1.165, 1.54) is 24.3 Å². The lowest BCUT2D eigenvalue weighted by atomic mass is 10.3. The van der Waals surface area contributed by atoms with E-state index in [1.54, 1.807) is 12.1 Å². The maximum absolute atomic E-state index is 13.5. The molecule has 0 unspecified atom stereocenters. The third kappa shape index (κ3) is 4.33. The van der Waals surface area contributed by atoms with E-state index in [2.05, 4.69) is 5.32 Å². The molecule has 1 amide bonds. The van der Waals surface area contributed by atoms with E-state index in [1.807, 2.05) is 0 Å². The largest absolute Gasteiger partial charge is 0.483 e. The zero-order valence-corrected chi connectivity index (χ0v) is 14.6. The van der Waals surface area contributed by atoms with Gasteiger partial charge in [0.1, 0.15) is 18.2 Å². The quantitative estimate of drug-likeness (QED) is 0.600. The van der Waals surface area contributed by atoms with Gasteiger partial charge in [0, 0.05) is 11.8 Å². The highest BCUT2D eigenvalue weighted by molar-refractivity contribution is 6.42. The van der Waals surface area contributed by atoms with Crippen molar-refractivity contribution in [2.24, 2.45) is 0 Å². The summed E-state index contributed by atoms with van der Waals surface area (Å²) in [6.07, 6.45) is 0. The molecule has 0 radical (unpaired) electrons. The van der Waals surface area contributed by atoms with Gasteiger partial charge in [0.2, 0.25) is 0 Å². The smallest absolute Gasteiger partial charge is 0.291 e. The van der Waals surface area contributed by atoms with Crippen molar-refractivity contribution >= 4 is 34.8 Å². The van der Waals surface area contributed by atoms with Crippen LogP contribution in [0.3, 0.4) is 0 Å². The number of carbonyl (C=O) groups is 1. The van der Waals surface area contributed by atoms with Crippen molar-refractivity contribution in [3.8, 4) is 5.75 Å². The Morgan fingerprint density at radius 3 is 2.58 bits per heavy atom. The van der Waals surface area contributed by atoms with Crippen molar-refractivity contribution in [2.75, 3.05) is 5.32 Å². The molecule has 0 bridgehead atoms. The molecule has 0 aliphatic heterocycles. The number of halogens is 4. The Morgan fingerprint density at radius 2 is 1.85 bits per heavy atom. The number of anilines is 1. The number of rotatable bonds is 5. The molecule has 0 atom stereocenters. The minimum Gasteiger partial charge on any atom is -0.483 e. The van der Waals surface area contributed by atoms with E-state index in [0.29, 0.717) is 27.6 Å². The molecule has 1 heterocycles. The maximum atomic E-state index is 13.5. The first-order valence-corrected chi connectivity index (χ1v) is 8.11. The predicted molar refractivity (Wildman–Crippen MR) is 93.8 cm³/mol. The molecule has 0 spiro atoms. The number of furan rings is 1. The molecule has 0 saturated carbocycles. The highest BCUT2D eigenvalue weighted by atomic mass is 35.5. The number of carbonyl (C=O) groups excluding carboxylic acids is 1. The summed E-state index contributed by atoms with van der Waals surface area (Å²) in [6, 6.07) is 10.6. The molecule has 8 heteroatoms. The first-order chi connectivity index (χ1) is 12.4. The number of ether oxygens (including phenoxy) is 1. The first-order valence-electron chi connectivity index (χ1n) is 7.35. The second-order valence-corrected chi connectivity index (χ2v) is 6.03. The van der Waals surface area contributed by atoms with E-state index in [9.17, 15) is 13.6 Å². The molecule has 0 aliphatic carbocycles. The molecule has 1 aromatic heterocycles. The Bertz CT molecular complexity index is 959. The third-order valence-corrected chi connectivity index (χ3v) is 4.07. The lowest BCUT2D eigenvalue weighted by Gasteiger charge is -2.06. The van der Waals surface area contributed by atoms with Crippen molar-refractivity contribution in [3.05, 3.63) is 81.7 Å². The Kier molecular flexibility index (Phi) is 5.44. The number of hydrogen-bond donors (Lipinski definition) is 1. The highest BCUT2D eigenvalue weighted by Crippen LogP contribution is 2.25. The van der Waals surface area contributed by atoms with Crippen molar-refractivity contribution in [1.82, 2.24) is 0 Å². The van der Waals surface area contributed by atoms with E-state index >= 15 is 0 Å². The Morgan fingerprint density at radius 1 is 1.04 bits per heavy atom. The second kappa shape index (κ2) is 7.76. The summed E-state index contributed by atoms with van der Waals surface area (Å²) < 4.78 is 36.9. The molecule has 2 aromatic carbocycles. The fourth-order valence-electron chi connectivity index (χ4n) is 2.09. The van der Waals surface area contributed by atoms with Gasteiger partial charge in [-0.25, -0.2) is 8.78 Å². The normalized spacial score (nSPS) is 10.6. The lowest BCUT2D eigenvalue weighted by Crippen LogP contribution is -2.10. The standard InChI is InChI=1S/C18H11Cl2F2NO3/c19-13-4-2-11(8-14(13)20)23-18(24)17-6-3-12(26-17)9-25-16-5-1-10(21)7-15(16)22/h1-8H,9H2,(H,23,24). The van der Waals surface area contributed by atoms with Gasteiger partial charge in [-0.3, -0.25) is 4.79 Å². The van der Waals surface area contributed by atoms with Gasteiger partial charge in [-0.15, -0.1) is 0 Å². The fourth-order valence-corrected chi connectivity index (χ4v) is 2.38. The van der Waals surface area contributed by atoms with Crippen LogP contribution in [0.2, 0.25) is 10.0 Å². The Balaban J connectivity index is 1.63. The maximum Gasteiger partial charge on any atom is 0.291 e. The van der Waals surface area contributed by atoms with Crippen molar-refractivity contribution in [2.45, 2.75) is 6.61 Å². The summed E-state index contributed by atoms with van der Waals surface area (Å²) in [4.78, 5) is 12.2. The number of hydrogen-bond acceptors (Lipinski definition) is 3. The van der Waals surface area contributed by atoms with Crippen molar-refractivity contribution < 1.29 is 22.7 Å². The Labute approximate surface area is 157 Å². The molecule has 26 heavy (non-hydrogen) atoms. The van der Waals surface area contributed by atoms with E-state index in [4.69, 9.17) is 32.4 Å². The summed E-state index contributed by atoms with van der Waals surface area (Å²) in [5.74, 6) is -1.81. The van der Waals surface area contributed by atoms with Crippen molar-refractivity contribution in [1.29, 1.82) is 0 Å². The molecular formula is C18H11Cl2F2NO3. The van der Waals surface area contributed by atoms with Gasteiger partial charge in [0.15, 0.2) is 17.3 Å². The van der Waals surface area contributed by atoms with Crippen LogP contribution in [0, 0.1) is 11.6 Å². The average Bonchev–Trinajstić information content (AvgIpc) is 3.06. The van der Waals surface area contributed by atoms with Crippen LogP contribution in [-0.4, -0.2) is 5.91 Å². The van der Waals surface area contributed by atoms with Crippen LogP contribution in [0.25, 0.3) is 0 Å². The van der Waals surface area contributed by atoms with Gasteiger partial charge in [0.05, 0.1) is 10.0 Å². The van der Waals surface area contributed by atoms with Gasteiger partial charge < -0.3 is 14.5 Å². The van der Waals surface area contributed by atoms with E-state index < -0.39 is 17.5 Å². The highest BCUT2D eigenvalue weighted by Gasteiger charge is 2.13. The zero-order chi connectivity index (χ0) is 18.7. The molecule has 3 rings (SSSR count). The van der Waals surface area contributed by atoms with E-state index in [0.717, 1.165) is 6.07 Å². The summed E-state index contributed by atoms with van der Waals surface area (Å²) in [7, 11) is 0. The second-order valence-electron chi connectivity index (χ2n) is 5.21. The van der Waals surface area contributed by atoms with Crippen LogP contribution >= 0.6 is 23.2 Å². The minimum absolute atomic E-state index is 0.0363. The van der Waals surface area contributed by atoms with Gasteiger partial charge in [0.25, 0.3) is 5.91 Å². The summed E-state index contributed by atoms with van der Waals surface area (Å²) in [5.41, 5.74) is 0.451. The molecular weight excluding hydrogens is 387 g/mol. The third-order valence-electron chi connectivity index (χ3n) is 3.33. The molecule has 4 nitrogen and oxygen atoms in total. The average molecular weight is 398 g/mol. The topological polar surface area (TPSA) is 51.5 Å². The SMILES string of the molecule is O=C(Nc1ccc(Cl)c(Cl)c1)c1ccc(COc2ccc(F)cc2F)o1. The Hall–Kier alpha value is -2.57. The molecule has 3 aromatic rings. The van der Waals surface area contributed by atoms with Crippen LogP contribution < -0.4 is 10.1 Å². The van der Waals surface area contributed by atoms with Gasteiger partial charge in [-0.05, 0) is 42.5 Å². The monoisotopic (exact) mass is 397 g/mol. The van der Waals surface area contributed by atoms with E-state index in [-0.39, 0.29) is 18.1 Å². The molecule has 0 fully saturated rings. The molecule has 1 N–H and O–H groups in total. The first kappa shape index (κ1) is 18.2. The lowest BCUT2D eigenvalue weighted by molar-refractivity contribution is 0.0992. The van der Waals surface area contributed by atoms with Crippen LogP contribution in [0.4, 0.5) is 14.5 Å². The summed E-state index contributed by atoms with van der Waals surface area (Å²) in [6.45, 7) is -0.122. The van der Waals surface area contributed by atoms with Gasteiger partial charge >= 0.3 is 0 Å². The van der Waals surface area contributed by atoms with Gasteiger partial charge in [-0.1, -0.05) is 23.2 Å². The number of amides is 1.